The summed E-state index contributed by atoms with van der Waals surface area (Å²) in [6, 6.07) is 0. The van der Waals surface area contributed by atoms with E-state index < -0.39 is 12.3 Å². The van der Waals surface area contributed by atoms with Crippen molar-refractivity contribution in [2.24, 2.45) is 0 Å². The molecule has 3 nitrogen and oxygen atoms in total. The Morgan fingerprint density at radius 2 is 1.67 bits per heavy atom. The summed E-state index contributed by atoms with van der Waals surface area (Å²) in [6.07, 6.45) is 0. The molecule has 0 unspecified atom stereocenters. The summed E-state index contributed by atoms with van der Waals surface area (Å²) in [5.74, 6) is 0. The first-order valence-corrected chi connectivity index (χ1v) is 5.36. The fourth-order valence-electron chi connectivity index (χ4n) is 0.119. The van der Waals surface area contributed by atoms with Crippen LogP contribution in [-0.4, -0.2) is 16.1 Å². The van der Waals surface area contributed by atoms with E-state index >= 15 is 0 Å². The quantitative estimate of drug-likeness (QED) is 0.425. The first-order chi connectivity index (χ1) is 3.71. The van der Waals surface area contributed by atoms with E-state index in [1.54, 1.807) is 0 Å². The van der Waals surface area contributed by atoms with Crippen molar-refractivity contribution < 1.29 is 13.0 Å². The van der Waals surface area contributed by atoms with E-state index in [4.69, 9.17) is 39.4 Å². The second-order valence-electron chi connectivity index (χ2n) is 0.957. The zero-order chi connectivity index (χ0) is 7.71. The van der Waals surface area contributed by atoms with Crippen LogP contribution in [0.25, 0.3) is 0 Å². The molecule has 8 heteroatoms. The number of halogens is 3. The molecule has 0 amide bonds. The van der Waals surface area contributed by atoms with Crippen LogP contribution in [0.15, 0.2) is 0 Å². The third kappa shape index (κ3) is 9.13. The minimum Gasteiger partial charge on any atom is -0.277 e. The maximum Gasteiger partial charge on any atom is 0.323 e. The van der Waals surface area contributed by atoms with Gasteiger partial charge in [-0.1, -0.05) is 34.8 Å². The van der Waals surface area contributed by atoms with Crippen LogP contribution < -0.4 is 0 Å². The molecule has 0 saturated heterocycles. The predicted molar refractivity (Wildman–Crippen MR) is 39.4 cm³/mol. The van der Waals surface area contributed by atoms with Gasteiger partial charge in [-0.2, -0.15) is 8.42 Å². The van der Waals surface area contributed by atoms with Gasteiger partial charge in [-0.05, 0) is 0 Å². The molecule has 0 aromatic carbocycles. The Bertz CT molecular complexity index is 178. The standard InChI is InChI=1S/CHCl3O3S2/c2-1(3,4)8-9(5,6)7/h(H,5,6,7). The SMILES string of the molecule is O=S(=O)(O)SC(Cl)(Cl)Cl. The van der Waals surface area contributed by atoms with Gasteiger partial charge in [0.2, 0.25) is 0 Å². The molecule has 0 aromatic heterocycles. The van der Waals surface area contributed by atoms with Crippen molar-refractivity contribution in [2.75, 3.05) is 0 Å². The fraction of sp³-hybridized carbons (Fsp3) is 1.00. The molecule has 0 radical (unpaired) electrons. The van der Waals surface area contributed by atoms with Gasteiger partial charge < -0.3 is 0 Å². The van der Waals surface area contributed by atoms with Crippen LogP contribution in [0.1, 0.15) is 0 Å². The Kier molecular flexibility index (Phi) is 3.40. The van der Waals surface area contributed by atoms with Crippen molar-refractivity contribution >= 4 is 54.7 Å². The van der Waals surface area contributed by atoms with Gasteiger partial charge in [-0.3, -0.25) is 4.55 Å². The highest BCUT2D eigenvalue weighted by Gasteiger charge is 2.28. The third-order valence-corrected chi connectivity index (χ3v) is 3.50. The highest BCUT2D eigenvalue weighted by atomic mass is 35.6. The molecular weight excluding hydrogens is 231 g/mol. The molecule has 0 aliphatic rings. The van der Waals surface area contributed by atoms with Crippen LogP contribution in [0.5, 0.6) is 0 Å². The molecule has 9 heavy (non-hydrogen) atoms. The fourth-order valence-corrected chi connectivity index (χ4v) is 3.22. The average Bonchev–Trinajstić information content (AvgIpc) is 1.14. The van der Waals surface area contributed by atoms with Gasteiger partial charge in [0, 0.05) is 0 Å². The van der Waals surface area contributed by atoms with Gasteiger partial charge in [0.05, 0.1) is 10.8 Å². The predicted octanol–water partition coefficient (Wildman–Crippen LogP) is 1.85. The zero-order valence-corrected chi connectivity index (χ0v) is 7.61. The molecule has 0 heterocycles. The Hall–Kier alpha value is 1.13. The van der Waals surface area contributed by atoms with Crippen LogP contribution in [0.2, 0.25) is 0 Å². The second-order valence-corrected chi connectivity index (χ2v) is 7.31. The molecule has 56 valence electrons. The molecular formula is CHCl3O3S2. The minimum atomic E-state index is -4.26. The van der Waals surface area contributed by atoms with Crippen molar-refractivity contribution in [3.05, 3.63) is 0 Å². The van der Waals surface area contributed by atoms with E-state index in [0.717, 1.165) is 0 Å². The highest BCUT2D eigenvalue weighted by Crippen LogP contribution is 2.41. The average molecular weight is 232 g/mol. The molecule has 0 aliphatic carbocycles. The normalized spacial score (nSPS) is 13.8. The van der Waals surface area contributed by atoms with Crippen LogP contribution >= 0.6 is 45.6 Å². The van der Waals surface area contributed by atoms with Gasteiger partial charge in [-0.15, -0.1) is 0 Å². The second kappa shape index (κ2) is 3.02. The van der Waals surface area contributed by atoms with E-state index in [1.807, 2.05) is 0 Å². The lowest BCUT2D eigenvalue weighted by Crippen LogP contribution is -2.01. The summed E-state index contributed by atoms with van der Waals surface area (Å²) in [6.45, 7) is 0. The lowest BCUT2D eigenvalue weighted by atomic mass is 11.8. The van der Waals surface area contributed by atoms with E-state index in [1.165, 1.54) is 0 Å². The van der Waals surface area contributed by atoms with Crippen molar-refractivity contribution in [1.82, 2.24) is 0 Å². The number of hydrogen-bond acceptors (Lipinski definition) is 3. The monoisotopic (exact) mass is 230 g/mol. The van der Waals surface area contributed by atoms with Crippen molar-refractivity contribution in [3.63, 3.8) is 0 Å². The number of alkyl halides is 3. The van der Waals surface area contributed by atoms with E-state index in [2.05, 4.69) is 0 Å². The van der Waals surface area contributed by atoms with Crippen LogP contribution in [0.4, 0.5) is 0 Å². The first kappa shape index (κ1) is 10.1. The smallest absolute Gasteiger partial charge is 0.277 e. The highest BCUT2D eigenvalue weighted by molar-refractivity contribution is 8.71. The summed E-state index contributed by atoms with van der Waals surface area (Å²) >= 11 is 14.9. The molecule has 0 aliphatic heterocycles. The number of rotatable bonds is 1. The molecule has 0 fully saturated rings. The molecule has 1 N–H and O–H groups in total. The maximum atomic E-state index is 9.91. The van der Waals surface area contributed by atoms with Crippen LogP contribution in [0.3, 0.4) is 0 Å². The Balaban J connectivity index is 4.07. The van der Waals surface area contributed by atoms with Crippen molar-refractivity contribution in [3.8, 4) is 0 Å². The summed E-state index contributed by atoms with van der Waals surface area (Å²) in [4.78, 5) is 0. The Labute approximate surface area is 70.8 Å². The van der Waals surface area contributed by atoms with Crippen LogP contribution in [0, 0.1) is 0 Å². The summed E-state index contributed by atoms with van der Waals surface area (Å²) in [7, 11) is -4.42. The topological polar surface area (TPSA) is 54.4 Å². The number of hydrogen-bond donors (Lipinski definition) is 1. The van der Waals surface area contributed by atoms with Gasteiger partial charge in [0.1, 0.15) is 0 Å². The van der Waals surface area contributed by atoms with Crippen molar-refractivity contribution in [1.29, 1.82) is 0 Å². The summed E-state index contributed by atoms with van der Waals surface area (Å²) < 4.78 is 25.8. The van der Waals surface area contributed by atoms with E-state index in [9.17, 15) is 8.42 Å². The molecule has 0 aromatic rings. The third-order valence-electron chi connectivity index (χ3n) is 0.200. The summed E-state index contributed by atoms with van der Waals surface area (Å²) in [5, 5.41) is 0. The van der Waals surface area contributed by atoms with Gasteiger partial charge in [0.25, 0.3) is 3.12 Å². The van der Waals surface area contributed by atoms with Gasteiger partial charge >= 0.3 is 9.15 Å². The largest absolute Gasteiger partial charge is 0.323 e. The van der Waals surface area contributed by atoms with E-state index in [0.29, 0.717) is 0 Å². The lowest BCUT2D eigenvalue weighted by Gasteiger charge is -2.04. The minimum absolute atomic E-state index is 0.162. The summed E-state index contributed by atoms with van der Waals surface area (Å²) in [5.41, 5.74) is 0. The van der Waals surface area contributed by atoms with Crippen molar-refractivity contribution in [2.45, 2.75) is 3.12 Å². The molecule has 0 saturated carbocycles. The Morgan fingerprint density at radius 1 is 1.33 bits per heavy atom. The zero-order valence-electron chi connectivity index (χ0n) is 3.71. The maximum absolute atomic E-state index is 9.91. The van der Waals surface area contributed by atoms with Crippen LogP contribution in [-0.2, 0) is 9.15 Å². The lowest BCUT2D eigenvalue weighted by molar-refractivity contribution is 0.503. The molecule has 0 spiro atoms. The molecule has 0 bridgehead atoms. The molecule has 0 rings (SSSR count). The first-order valence-electron chi connectivity index (χ1n) is 1.45. The van der Waals surface area contributed by atoms with E-state index in [-0.39, 0.29) is 10.8 Å². The van der Waals surface area contributed by atoms with Gasteiger partial charge in [0.15, 0.2) is 0 Å². The Morgan fingerprint density at radius 3 is 1.67 bits per heavy atom. The van der Waals surface area contributed by atoms with Gasteiger partial charge in [-0.25, -0.2) is 0 Å². The molecule has 0 atom stereocenters.